The molecule has 0 fully saturated rings. The predicted octanol–water partition coefficient (Wildman–Crippen LogP) is 7.53. The first kappa shape index (κ1) is 21.5. The topological polar surface area (TPSA) is 28.1 Å². The molecule has 0 saturated heterocycles. The minimum absolute atomic E-state index is 0.242. The first-order valence-corrected chi connectivity index (χ1v) is 13.0. The van der Waals surface area contributed by atoms with Gasteiger partial charge in [-0.3, -0.25) is 4.99 Å². The highest BCUT2D eigenvalue weighted by molar-refractivity contribution is 6.07. The summed E-state index contributed by atoms with van der Waals surface area (Å²) < 4.78 is 7.20. The molecule has 1 spiro atoms. The Bertz CT molecular complexity index is 1550. The second-order valence-electron chi connectivity index (χ2n) is 11.0. The highest BCUT2D eigenvalue weighted by Crippen LogP contribution is 2.56. The Morgan fingerprint density at radius 3 is 2.33 bits per heavy atom. The summed E-state index contributed by atoms with van der Waals surface area (Å²) in [6, 6.07) is 28.5. The predicted molar refractivity (Wildman–Crippen MR) is 150 cm³/mol. The van der Waals surface area contributed by atoms with E-state index in [1.807, 2.05) is 0 Å². The van der Waals surface area contributed by atoms with Gasteiger partial charge in [0.25, 0.3) is 0 Å². The summed E-state index contributed by atoms with van der Waals surface area (Å²) in [5, 5.41) is 2.34. The zero-order valence-corrected chi connectivity index (χ0v) is 21.3. The molecule has 0 saturated carbocycles. The highest BCUT2D eigenvalue weighted by atomic mass is 16.5. The average Bonchev–Trinajstić information content (AvgIpc) is 3.39. The minimum atomic E-state index is -0.708. The van der Waals surface area contributed by atoms with Crippen LogP contribution in [0.15, 0.2) is 83.9 Å². The van der Waals surface area contributed by atoms with E-state index in [0.717, 1.165) is 29.8 Å². The maximum Gasteiger partial charge on any atom is 0.229 e. The van der Waals surface area contributed by atoms with E-state index >= 15 is 0 Å². The van der Waals surface area contributed by atoms with Crippen molar-refractivity contribution in [2.75, 3.05) is 16.3 Å². The lowest BCUT2D eigenvalue weighted by atomic mass is 9.77. The molecule has 0 N–H and O–H groups in total. The van der Waals surface area contributed by atoms with Gasteiger partial charge in [-0.05, 0) is 57.4 Å². The van der Waals surface area contributed by atoms with Gasteiger partial charge in [-0.2, -0.15) is 0 Å². The van der Waals surface area contributed by atoms with Crippen LogP contribution in [0.3, 0.4) is 0 Å². The van der Waals surface area contributed by atoms with Crippen LogP contribution in [0.25, 0.3) is 10.8 Å². The van der Waals surface area contributed by atoms with Crippen molar-refractivity contribution in [1.82, 2.24) is 0 Å². The molecule has 3 aliphatic heterocycles. The van der Waals surface area contributed by atoms with E-state index < -0.39 is 5.72 Å². The summed E-state index contributed by atoms with van der Waals surface area (Å²) >= 11 is 0. The molecule has 36 heavy (non-hydrogen) atoms. The summed E-state index contributed by atoms with van der Waals surface area (Å²) in [6.45, 7) is 10.00. The van der Waals surface area contributed by atoms with Crippen LogP contribution in [0.1, 0.15) is 38.8 Å². The van der Waals surface area contributed by atoms with Crippen LogP contribution in [0.4, 0.5) is 22.7 Å². The number of para-hydroxylation sites is 2. The van der Waals surface area contributed by atoms with Crippen LogP contribution in [0.5, 0.6) is 5.75 Å². The van der Waals surface area contributed by atoms with Gasteiger partial charge in [0.2, 0.25) is 5.72 Å². The lowest BCUT2D eigenvalue weighted by molar-refractivity contribution is 0.0725. The SMILES string of the molecule is CC(C)N1c2ccccc2C(C)(C)C12C=Nc1c(cc(N3CCc4ccccc43)c3ccccc13)O2. The van der Waals surface area contributed by atoms with Gasteiger partial charge in [-0.1, -0.05) is 60.7 Å². The quantitative estimate of drug-likeness (QED) is 0.301. The molecule has 4 nitrogen and oxygen atoms in total. The van der Waals surface area contributed by atoms with Crippen molar-refractivity contribution in [2.45, 2.75) is 51.3 Å². The van der Waals surface area contributed by atoms with Crippen LogP contribution in [-0.2, 0) is 11.8 Å². The van der Waals surface area contributed by atoms with Crippen LogP contribution in [0.2, 0.25) is 0 Å². The van der Waals surface area contributed by atoms with E-state index in [2.05, 4.69) is 123 Å². The van der Waals surface area contributed by atoms with Crippen LogP contribution in [0, 0.1) is 0 Å². The third-order valence-corrected chi connectivity index (χ3v) is 8.38. The molecule has 7 rings (SSSR count). The molecule has 0 aromatic heterocycles. The monoisotopic (exact) mass is 473 g/mol. The van der Waals surface area contributed by atoms with Crippen molar-refractivity contribution >= 4 is 39.7 Å². The third-order valence-electron chi connectivity index (χ3n) is 8.38. The van der Waals surface area contributed by atoms with Crippen molar-refractivity contribution in [3.8, 4) is 5.75 Å². The zero-order valence-electron chi connectivity index (χ0n) is 21.3. The largest absolute Gasteiger partial charge is 0.459 e. The van der Waals surface area contributed by atoms with Gasteiger partial charge in [0.1, 0.15) is 5.69 Å². The zero-order chi connectivity index (χ0) is 24.7. The van der Waals surface area contributed by atoms with Crippen LogP contribution >= 0.6 is 0 Å². The molecule has 0 bridgehead atoms. The number of nitrogens with zero attached hydrogens (tertiary/aromatic N) is 3. The summed E-state index contributed by atoms with van der Waals surface area (Å²) in [5.41, 5.74) is 6.31. The Kier molecular flexibility index (Phi) is 4.39. The Hall–Kier alpha value is -3.79. The molecule has 1 atom stereocenters. The second kappa shape index (κ2) is 7.36. The summed E-state index contributed by atoms with van der Waals surface area (Å²) in [5.74, 6) is 0.849. The normalized spacial score (nSPS) is 21.1. The van der Waals surface area contributed by atoms with Crippen molar-refractivity contribution in [2.24, 2.45) is 4.99 Å². The number of rotatable bonds is 2. The number of aliphatic imine (C=N–C) groups is 1. The van der Waals surface area contributed by atoms with Gasteiger partial charge in [-0.25, -0.2) is 0 Å². The minimum Gasteiger partial charge on any atom is -0.459 e. The molecule has 0 aliphatic carbocycles. The molecular weight excluding hydrogens is 442 g/mol. The molecular formula is C32H31N3O. The molecule has 3 heterocycles. The molecule has 0 radical (unpaired) electrons. The molecule has 0 amide bonds. The fourth-order valence-corrected chi connectivity index (χ4v) is 6.63. The van der Waals surface area contributed by atoms with E-state index in [4.69, 9.17) is 9.73 Å². The Morgan fingerprint density at radius 2 is 1.53 bits per heavy atom. The van der Waals surface area contributed by atoms with Crippen LogP contribution in [-0.4, -0.2) is 24.5 Å². The smallest absolute Gasteiger partial charge is 0.229 e. The molecule has 1 unspecified atom stereocenters. The summed E-state index contributed by atoms with van der Waals surface area (Å²) in [6.07, 6.45) is 3.11. The van der Waals surface area contributed by atoms with Crippen molar-refractivity contribution in [3.63, 3.8) is 0 Å². The molecule has 4 aromatic rings. The van der Waals surface area contributed by atoms with Gasteiger partial charge in [0.05, 0.1) is 17.3 Å². The average molecular weight is 474 g/mol. The third kappa shape index (κ3) is 2.67. The highest BCUT2D eigenvalue weighted by Gasteiger charge is 2.60. The van der Waals surface area contributed by atoms with Crippen molar-refractivity contribution < 1.29 is 4.74 Å². The fourth-order valence-electron chi connectivity index (χ4n) is 6.63. The number of fused-ring (bicyclic) bond motifs is 5. The van der Waals surface area contributed by atoms with E-state index in [0.29, 0.717) is 0 Å². The second-order valence-corrected chi connectivity index (χ2v) is 11.0. The van der Waals surface area contributed by atoms with Gasteiger partial charge in [0.15, 0.2) is 5.75 Å². The van der Waals surface area contributed by atoms with E-state index in [1.165, 1.54) is 33.6 Å². The Morgan fingerprint density at radius 1 is 0.833 bits per heavy atom. The van der Waals surface area contributed by atoms with E-state index in [1.54, 1.807) is 0 Å². The van der Waals surface area contributed by atoms with Crippen molar-refractivity contribution in [3.05, 3.63) is 90.0 Å². The molecule has 4 heteroatoms. The van der Waals surface area contributed by atoms with Gasteiger partial charge >= 0.3 is 0 Å². The molecule has 4 aromatic carbocycles. The lowest BCUT2D eigenvalue weighted by Crippen LogP contribution is -2.64. The fraction of sp³-hybridized carbons (Fsp3) is 0.281. The molecule has 180 valence electrons. The van der Waals surface area contributed by atoms with E-state index in [9.17, 15) is 0 Å². The summed E-state index contributed by atoms with van der Waals surface area (Å²) in [7, 11) is 0. The molecule has 3 aliphatic rings. The maximum absolute atomic E-state index is 7.20. The number of ether oxygens (including phenoxy) is 1. The van der Waals surface area contributed by atoms with Gasteiger partial charge in [-0.15, -0.1) is 0 Å². The Balaban J connectivity index is 1.44. The number of benzene rings is 4. The van der Waals surface area contributed by atoms with Gasteiger partial charge < -0.3 is 14.5 Å². The van der Waals surface area contributed by atoms with E-state index in [-0.39, 0.29) is 11.5 Å². The number of anilines is 3. The Labute approximate surface area is 212 Å². The first-order chi connectivity index (χ1) is 17.4. The standard InChI is InChI=1S/C32H31N3O/c1-21(2)35-27-16-10-8-14-25(27)31(3,4)32(35)20-33-30-24-13-7-6-12-23(24)28(19-29(30)36-32)34-18-17-22-11-5-9-15-26(22)34/h5-16,19-21H,17-18H2,1-4H3. The number of hydrogen-bond donors (Lipinski definition) is 0. The van der Waals surface area contributed by atoms with Crippen molar-refractivity contribution in [1.29, 1.82) is 0 Å². The maximum atomic E-state index is 7.20. The van der Waals surface area contributed by atoms with Gasteiger partial charge in [0, 0.05) is 40.8 Å². The number of hydrogen-bond acceptors (Lipinski definition) is 4. The lowest BCUT2D eigenvalue weighted by Gasteiger charge is -2.48. The van der Waals surface area contributed by atoms with Crippen LogP contribution < -0.4 is 14.5 Å². The first-order valence-electron chi connectivity index (χ1n) is 13.0. The summed E-state index contributed by atoms with van der Waals surface area (Å²) in [4.78, 5) is 10.0.